The number of ether oxygens (including phenoxy) is 2. The topological polar surface area (TPSA) is 67.9 Å². The van der Waals surface area contributed by atoms with Crippen molar-refractivity contribution in [1.29, 1.82) is 0 Å². The molecule has 2 amide bonds. The fourth-order valence-corrected chi connectivity index (χ4v) is 2.82. The standard InChI is InChI=1S/C20H20N2O4/c1-22-18(13-4-8-15(25-2)9-5-13)12-17(20(22)24)19(23)21-14-6-10-16(26-3)11-7-14/h4-12,18H,1-3H3,(H,21,23). The van der Waals surface area contributed by atoms with E-state index >= 15 is 0 Å². The first-order valence-corrected chi connectivity index (χ1v) is 8.12. The lowest BCUT2D eigenvalue weighted by Crippen LogP contribution is -2.28. The maximum absolute atomic E-state index is 12.5. The fourth-order valence-electron chi connectivity index (χ4n) is 2.82. The summed E-state index contributed by atoms with van der Waals surface area (Å²) in [6.07, 6.45) is 1.68. The summed E-state index contributed by atoms with van der Waals surface area (Å²) in [5.41, 5.74) is 1.64. The summed E-state index contributed by atoms with van der Waals surface area (Å²) in [7, 11) is 4.86. The van der Waals surface area contributed by atoms with E-state index in [0.717, 1.165) is 11.3 Å². The lowest BCUT2D eigenvalue weighted by atomic mass is 10.1. The molecule has 6 heteroatoms. The summed E-state index contributed by atoms with van der Waals surface area (Å²) in [6.45, 7) is 0. The third kappa shape index (κ3) is 3.39. The number of hydrogen-bond acceptors (Lipinski definition) is 4. The van der Waals surface area contributed by atoms with E-state index in [1.54, 1.807) is 56.5 Å². The predicted molar refractivity (Wildman–Crippen MR) is 98.2 cm³/mol. The number of nitrogens with one attached hydrogen (secondary N) is 1. The highest BCUT2D eigenvalue weighted by Crippen LogP contribution is 2.31. The minimum absolute atomic E-state index is 0.129. The summed E-state index contributed by atoms with van der Waals surface area (Å²) in [5, 5.41) is 2.75. The Kier molecular flexibility index (Phi) is 4.93. The second kappa shape index (κ2) is 7.31. The van der Waals surface area contributed by atoms with Gasteiger partial charge in [-0.3, -0.25) is 9.59 Å². The van der Waals surface area contributed by atoms with Gasteiger partial charge in [0.1, 0.15) is 17.1 Å². The van der Waals surface area contributed by atoms with Gasteiger partial charge in [0.25, 0.3) is 11.8 Å². The van der Waals surface area contributed by atoms with Gasteiger partial charge in [0.2, 0.25) is 0 Å². The van der Waals surface area contributed by atoms with Crippen molar-refractivity contribution in [2.45, 2.75) is 6.04 Å². The van der Waals surface area contributed by atoms with E-state index in [1.807, 2.05) is 24.3 Å². The first-order chi connectivity index (χ1) is 12.5. The van der Waals surface area contributed by atoms with Crippen LogP contribution >= 0.6 is 0 Å². The molecule has 0 radical (unpaired) electrons. The van der Waals surface area contributed by atoms with Gasteiger partial charge in [-0.25, -0.2) is 0 Å². The average Bonchev–Trinajstić information content (AvgIpc) is 2.97. The number of anilines is 1. The van der Waals surface area contributed by atoms with Crippen LogP contribution in [0.2, 0.25) is 0 Å². The van der Waals surface area contributed by atoms with Gasteiger partial charge in [-0.15, -0.1) is 0 Å². The normalized spacial score (nSPS) is 16.3. The van der Waals surface area contributed by atoms with Gasteiger partial charge < -0.3 is 19.7 Å². The Morgan fingerprint density at radius 2 is 1.50 bits per heavy atom. The van der Waals surface area contributed by atoms with E-state index in [1.165, 1.54) is 0 Å². The summed E-state index contributed by atoms with van der Waals surface area (Å²) in [5.74, 6) is 0.695. The highest BCUT2D eigenvalue weighted by Gasteiger charge is 2.34. The summed E-state index contributed by atoms with van der Waals surface area (Å²) < 4.78 is 10.2. The quantitative estimate of drug-likeness (QED) is 0.840. The number of nitrogens with zero attached hydrogens (tertiary/aromatic N) is 1. The van der Waals surface area contributed by atoms with Gasteiger partial charge in [-0.05, 0) is 48.0 Å². The monoisotopic (exact) mass is 352 g/mol. The van der Waals surface area contributed by atoms with E-state index in [9.17, 15) is 9.59 Å². The lowest BCUT2D eigenvalue weighted by Gasteiger charge is -2.20. The first kappa shape index (κ1) is 17.5. The first-order valence-electron chi connectivity index (χ1n) is 8.12. The van der Waals surface area contributed by atoms with Gasteiger partial charge in [-0.1, -0.05) is 12.1 Å². The van der Waals surface area contributed by atoms with Crippen LogP contribution in [0.1, 0.15) is 11.6 Å². The Morgan fingerprint density at radius 1 is 0.962 bits per heavy atom. The van der Waals surface area contributed by atoms with Gasteiger partial charge in [0.15, 0.2) is 0 Å². The molecule has 26 heavy (non-hydrogen) atoms. The zero-order valence-electron chi connectivity index (χ0n) is 14.9. The predicted octanol–water partition coefficient (Wildman–Crippen LogP) is 2.78. The molecular formula is C20H20N2O4. The van der Waals surface area contributed by atoms with E-state index in [-0.39, 0.29) is 17.5 Å². The molecule has 134 valence electrons. The lowest BCUT2D eigenvalue weighted by molar-refractivity contribution is -0.127. The number of rotatable bonds is 5. The minimum Gasteiger partial charge on any atom is -0.497 e. The number of likely N-dealkylation sites (N-methyl/N-ethyl adjacent to an activating group) is 1. The van der Waals surface area contributed by atoms with Crippen molar-refractivity contribution in [1.82, 2.24) is 4.90 Å². The molecule has 1 N–H and O–H groups in total. The molecule has 0 bridgehead atoms. The van der Waals surface area contributed by atoms with Crippen LogP contribution in [0.5, 0.6) is 11.5 Å². The summed E-state index contributed by atoms with van der Waals surface area (Å²) >= 11 is 0. The van der Waals surface area contributed by atoms with Crippen molar-refractivity contribution < 1.29 is 19.1 Å². The summed E-state index contributed by atoms with van der Waals surface area (Å²) in [4.78, 5) is 26.6. The van der Waals surface area contributed by atoms with E-state index in [2.05, 4.69) is 5.32 Å². The molecule has 6 nitrogen and oxygen atoms in total. The van der Waals surface area contributed by atoms with Crippen LogP contribution in [-0.4, -0.2) is 38.0 Å². The fraction of sp³-hybridized carbons (Fsp3) is 0.200. The molecule has 2 aromatic carbocycles. The van der Waals surface area contributed by atoms with Gasteiger partial charge in [0.05, 0.1) is 20.3 Å². The number of amides is 2. The molecule has 1 aliphatic heterocycles. The largest absolute Gasteiger partial charge is 0.497 e. The molecule has 3 rings (SSSR count). The maximum Gasteiger partial charge on any atom is 0.261 e. The highest BCUT2D eigenvalue weighted by atomic mass is 16.5. The molecule has 0 aliphatic carbocycles. The number of hydrogen-bond donors (Lipinski definition) is 1. The molecule has 0 aromatic heterocycles. The molecule has 0 fully saturated rings. The Balaban J connectivity index is 1.78. The van der Waals surface area contributed by atoms with Crippen LogP contribution in [0.3, 0.4) is 0 Å². The van der Waals surface area contributed by atoms with Gasteiger partial charge in [-0.2, -0.15) is 0 Å². The van der Waals surface area contributed by atoms with Crippen LogP contribution in [0.4, 0.5) is 5.69 Å². The highest BCUT2D eigenvalue weighted by molar-refractivity contribution is 6.24. The number of carbonyl (C=O) groups is 2. The van der Waals surface area contributed by atoms with E-state index in [4.69, 9.17) is 9.47 Å². The number of carbonyl (C=O) groups excluding carboxylic acids is 2. The molecule has 0 saturated carbocycles. The molecule has 0 saturated heterocycles. The summed E-state index contributed by atoms with van der Waals surface area (Å²) in [6, 6.07) is 14.1. The van der Waals surface area contributed by atoms with Gasteiger partial charge >= 0.3 is 0 Å². The molecule has 1 unspecified atom stereocenters. The Hall–Kier alpha value is -3.28. The number of benzene rings is 2. The zero-order valence-corrected chi connectivity index (χ0v) is 14.9. The zero-order chi connectivity index (χ0) is 18.7. The van der Waals surface area contributed by atoms with Crippen molar-refractivity contribution in [3.05, 3.63) is 65.7 Å². The average molecular weight is 352 g/mol. The molecule has 0 spiro atoms. The van der Waals surface area contributed by atoms with Crippen molar-refractivity contribution in [3.63, 3.8) is 0 Å². The van der Waals surface area contributed by atoms with E-state index in [0.29, 0.717) is 11.4 Å². The Bertz CT molecular complexity index is 841. The van der Waals surface area contributed by atoms with Crippen LogP contribution < -0.4 is 14.8 Å². The third-order valence-corrected chi connectivity index (χ3v) is 4.34. The molecule has 1 aliphatic rings. The molecule has 1 atom stereocenters. The maximum atomic E-state index is 12.5. The van der Waals surface area contributed by atoms with Crippen molar-refractivity contribution in [3.8, 4) is 11.5 Å². The molecular weight excluding hydrogens is 332 g/mol. The van der Waals surface area contributed by atoms with Crippen LogP contribution in [0.25, 0.3) is 0 Å². The second-order valence-corrected chi connectivity index (χ2v) is 5.90. The van der Waals surface area contributed by atoms with Gasteiger partial charge in [0, 0.05) is 12.7 Å². The number of methoxy groups -OCH3 is 2. The van der Waals surface area contributed by atoms with Crippen molar-refractivity contribution in [2.75, 3.05) is 26.6 Å². The Morgan fingerprint density at radius 3 is 2.04 bits per heavy atom. The SMILES string of the molecule is COc1ccc(NC(=O)C2=CC(c3ccc(OC)cc3)N(C)C2=O)cc1. The second-order valence-electron chi connectivity index (χ2n) is 5.90. The van der Waals surface area contributed by atoms with Crippen molar-refractivity contribution in [2.24, 2.45) is 0 Å². The third-order valence-electron chi connectivity index (χ3n) is 4.34. The minimum atomic E-state index is -0.428. The smallest absolute Gasteiger partial charge is 0.261 e. The Labute approximate surface area is 152 Å². The molecule has 1 heterocycles. The van der Waals surface area contributed by atoms with E-state index < -0.39 is 5.91 Å². The molecule has 2 aromatic rings. The van der Waals surface area contributed by atoms with Crippen molar-refractivity contribution >= 4 is 17.5 Å². The van der Waals surface area contributed by atoms with Crippen LogP contribution in [-0.2, 0) is 9.59 Å². The van der Waals surface area contributed by atoms with Crippen LogP contribution in [0, 0.1) is 0 Å². The van der Waals surface area contributed by atoms with Crippen LogP contribution in [0.15, 0.2) is 60.2 Å².